The second-order valence-corrected chi connectivity index (χ2v) is 8.80. The van der Waals surface area contributed by atoms with E-state index in [0.29, 0.717) is 38.0 Å². The van der Waals surface area contributed by atoms with Gasteiger partial charge in [0.05, 0.1) is 16.5 Å². The standard InChI is InChI=1S/C20H22N4O3S/c1-23(15-17-6-10-22-11-7-17)20(25)18-8-12-24(13-9-18)28(26,27)19-4-2-16(14-21)3-5-19/h2-7,10-11,18H,8-9,12-13,15H2,1H3. The second-order valence-electron chi connectivity index (χ2n) is 6.86. The van der Waals surface area contributed by atoms with Gasteiger partial charge in [-0.15, -0.1) is 0 Å². The maximum atomic E-state index is 12.8. The van der Waals surface area contributed by atoms with Crippen molar-refractivity contribution in [3.8, 4) is 6.07 Å². The lowest BCUT2D eigenvalue weighted by Crippen LogP contribution is -2.43. The number of benzene rings is 1. The van der Waals surface area contributed by atoms with Crippen molar-refractivity contribution < 1.29 is 13.2 Å². The first-order chi connectivity index (χ1) is 13.4. The highest BCUT2D eigenvalue weighted by atomic mass is 32.2. The zero-order chi connectivity index (χ0) is 20.1. The molecule has 2 heterocycles. The number of amides is 1. The summed E-state index contributed by atoms with van der Waals surface area (Å²) >= 11 is 0. The number of hydrogen-bond donors (Lipinski definition) is 0. The molecule has 0 spiro atoms. The number of sulfonamides is 1. The SMILES string of the molecule is CN(Cc1ccncc1)C(=O)C1CCN(S(=O)(=O)c2ccc(C#N)cc2)CC1. The summed E-state index contributed by atoms with van der Waals surface area (Å²) in [5, 5.41) is 8.85. The molecule has 1 aromatic carbocycles. The van der Waals surface area contributed by atoms with Crippen molar-refractivity contribution >= 4 is 15.9 Å². The van der Waals surface area contributed by atoms with Crippen LogP contribution in [0.5, 0.6) is 0 Å². The van der Waals surface area contributed by atoms with E-state index in [0.717, 1.165) is 5.56 Å². The fourth-order valence-electron chi connectivity index (χ4n) is 3.35. The normalized spacial score (nSPS) is 15.7. The highest BCUT2D eigenvalue weighted by Crippen LogP contribution is 2.25. The van der Waals surface area contributed by atoms with Crippen molar-refractivity contribution in [1.82, 2.24) is 14.2 Å². The minimum atomic E-state index is -3.61. The summed E-state index contributed by atoms with van der Waals surface area (Å²) in [5.74, 6) is -0.147. The van der Waals surface area contributed by atoms with Gasteiger partial charge in [-0.05, 0) is 54.8 Å². The van der Waals surface area contributed by atoms with Crippen LogP contribution in [0.3, 0.4) is 0 Å². The number of carbonyl (C=O) groups is 1. The predicted octanol–water partition coefficient (Wildman–Crippen LogP) is 2.01. The summed E-state index contributed by atoms with van der Waals surface area (Å²) in [4.78, 5) is 18.5. The van der Waals surface area contributed by atoms with Crippen LogP contribution in [-0.2, 0) is 21.4 Å². The number of piperidine rings is 1. The molecular weight excluding hydrogens is 376 g/mol. The monoisotopic (exact) mass is 398 g/mol. The van der Waals surface area contributed by atoms with Crippen LogP contribution in [0.2, 0.25) is 0 Å². The van der Waals surface area contributed by atoms with E-state index in [2.05, 4.69) is 4.98 Å². The summed E-state index contributed by atoms with van der Waals surface area (Å²) in [6.07, 6.45) is 4.38. The Balaban J connectivity index is 1.60. The van der Waals surface area contributed by atoms with Gasteiger partial charge in [-0.3, -0.25) is 9.78 Å². The van der Waals surface area contributed by atoms with Crippen LogP contribution in [0.4, 0.5) is 0 Å². The van der Waals surface area contributed by atoms with Crippen molar-refractivity contribution in [3.05, 3.63) is 59.9 Å². The van der Waals surface area contributed by atoms with Crippen molar-refractivity contribution in [1.29, 1.82) is 5.26 Å². The molecule has 2 aromatic rings. The number of nitrogens with zero attached hydrogens (tertiary/aromatic N) is 4. The van der Waals surface area contributed by atoms with Gasteiger partial charge in [0.1, 0.15) is 0 Å². The van der Waals surface area contributed by atoms with Gasteiger partial charge < -0.3 is 4.90 Å². The van der Waals surface area contributed by atoms with Gasteiger partial charge in [-0.25, -0.2) is 8.42 Å². The molecule has 0 aliphatic carbocycles. The molecule has 1 saturated heterocycles. The third-order valence-electron chi connectivity index (χ3n) is 4.97. The molecule has 8 heteroatoms. The molecule has 1 aromatic heterocycles. The molecule has 3 rings (SSSR count). The van der Waals surface area contributed by atoms with Crippen LogP contribution in [-0.4, -0.2) is 48.7 Å². The molecule has 0 saturated carbocycles. The Morgan fingerprint density at radius 1 is 1.18 bits per heavy atom. The van der Waals surface area contributed by atoms with E-state index in [9.17, 15) is 13.2 Å². The van der Waals surface area contributed by atoms with Crippen LogP contribution >= 0.6 is 0 Å². The van der Waals surface area contributed by atoms with E-state index < -0.39 is 10.0 Å². The lowest BCUT2D eigenvalue weighted by Gasteiger charge is -2.32. The Hall–Kier alpha value is -2.76. The zero-order valence-corrected chi connectivity index (χ0v) is 16.5. The maximum Gasteiger partial charge on any atom is 0.243 e. The van der Waals surface area contributed by atoms with Gasteiger partial charge in [0, 0.05) is 45.0 Å². The number of aromatic nitrogens is 1. The van der Waals surface area contributed by atoms with Gasteiger partial charge in [0.2, 0.25) is 15.9 Å². The lowest BCUT2D eigenvalue weighted by molar-refractivity contribution is -0.135. The number of pyridine rings is 1. The predicted molar refractivity (Wildman–Crippen MR) is 103 cm³/mol. The number of carbonyl (C=O) groups excluding carboxylic acids is 1. The van der Waals surface area contributed by atoms with E-state index >= 15 is 0 Å². The van der Waals surface area contributed by atoms with Gasteiger partial charge in [-0.2, -0.15) is 9.57 Å². The summed E-state index contributed by atoms with van der Waals surface area (Å²) in [5.41, 5.74) is 1.42. The van der Waals surface area contributed by atoms with E-state index in [1.165, 1.54) is 28.6 Å². The third-order valence-corrected chi connectivity index (χ3v) is 6.88. The van der Waals surface area contributed by atoms with Gasteiger partial charge in [0.25, 0.3) is 0 Å². The van der Waals surface area contributed by atoms with E-state index in [1.807, 2.05) is 18.2 Å². The minimum Gasteiger partial charge on any atom is -0.341 e. The Bertz CT molecular complexity index is 961. The topological polar surface area (TPSA) is 94.4 Å². The highest BCUT2D eigenvalue weighted by molar-refractivity contribution is 7.89. The average molecular weight is 398 g/mol. The fourth-order valence-corrected chi connectivity index (χ4v) is 4.81. The Kier molecular flexibility index (Phi) is 6.07. The molecule has 0 N–H and O–H groups in total. The number of hydrogen-bond acceptors (Lipinski definition) is 5. The zero-order valence-electron chi connectivity index (χ0n) is 15.7. The maximum absolute atomic E-state index is 12.8. The molecule has 7 nitrogen and oxygen atoms in total. The first kappa shape index (κ1) is 20.0. The summed E-state index contributed by atoms with van der Waals surface area (Å²) < 4.78 is 27.0. The van der Waals surface area contributed by atoms with Gasteiger partial charge >= 0.3 is 0 Å². The molecule has 146 valence electrons. The molecule has 28 heavy (non-hydrogen) atoms. The summed E-state index contributed by atoms with van der Waals surface area (Å²) in [7, 11) is -1.85. The molecule has 0 bridgehead atoms. The van der Waals surface area contributed by atoms with Crippen molar-refractivity contribution in [2.75, 3.05) is 20.1 Å². The second kappa shape index (κ2) is 8.50. The average Bonchev–Trinajstić information content (AvgIpc) is 2.74. The molecule has 1 aliphatic rings. The Morgan fingerprint density at radius 3 is 2.36 bits per heavy atom. The van der Waals surface area contributed by atoms with E-state index in [4.69, 9.17) is 5.26 Å². The van der Waals surface area contributed by atoms with Crippen molar-refractivity contribution in [2.24, 2.45) is 5.92 Å². The first-order valence-corrected chi connectivity index (χ1v) is 10.5. The van der Waals surface area contributed by atoms with Crippen LogP contribution in [0.1, 0.15) is 24.0 Å². The van der Waals surface area contributed by atoms with E-state index in [-0.39, 0.29) is 16.7 Å². The molecule has 0 radical (unpaired) electrons. The fraction of sp³-hybridized carbons (Fsp3) is 0.350. The Labute approximate surface area is 165 Å². The molecule has 1 amide bonds. The molecule has 0 unspecified atom stereocenters. The molecule has 0 atom stereocenters. The highest BCUT2D eigenvalue weighted by Gasteiger charge is 2.33. The van der Waals surface area contributed by atoms with Crippen LogP contribution in [0.25, 0.3) is 0 Å². The summed E-state index contributed by atoms with van der Waals surface area (Å²) in [6.45, 7) is 1.12. The van der Waals surface area contributed by atoms with Crippen LogP contribution in [0.15, 0.2) is 53.7 Å². The van der Waals surface area contributed by atoms with Crippen LogP contribution < -0.4 is 0 Å². The molecule has 1 aliphatic heterocycles. The van der Waals surface area contributed by atoms with Crippen molar-refractivity contribution in [3.63, 3.8) is 0 Å². The van der Waals surface area contributed by atoms with E-state index in [1.54, 1.807) is 24.3 Å². The summed E-state index contributed by atoms with van der Waals surface area (Å²) in [6, 6.07) is 11.6. The quantitative estimate of drug-likeness (QED) is 0.768. The number of rotatable bonds is 5. The molecule has 1 fully saturated rings. The minimum absolute atomic E-state index is 0.0345. The Morgan fingerprint density at radius 2 is 1.79 bits per heavy atom. The third kappa shape index (κ3) is 4.38. The molecular formula is C20H22N4O3S. The first-order valence-electron chi connectivity index (χ1n) is 9.06. The van der Waals surface area contributed by atoms with Gasteiger partial charge in [-0.1, -0.05) is 0 Å². The number of nitriles is 1. The lowest BCUT2D eigenvalue weighted by atomic mass is 9.96. The largest absolute Gasteiger partial charge is 0.341 e. The van der Waals surface area contributed by atoms with Gasteiger partial charge in [0.15, 0.2) is 0 Å². The van der Waals surface area contributed by atoms with Crippen molar-refractivity contribution in [2.45, 2.75) is 24.3 Å². The van der Waals surface area contributed by atoms with Crippen LogP contribution in [0, 0.1) is 17.2 Å². The smallest absolute Gasteiger partial charge is 0.243 e.